The molecular weight excluding hydrogens is 239 g/mol. The number of rotatable bonds is 3. The summed E-state index contributed by atoms with van der Waals surface area (Å²) in [6.45, 7) is 0. The lowest BCUT2D eigenvalue weighted by Gasteiger charge is -2.12. The first kappa shape index (κ1) is 12.1. The van der Waals surface area contributed by atoms with Gasteiger partial charge in [0, 0.05) is 11.4 Å². The van der Waals surface area contributed by atoms with E-state index < -0.39 is 6.10 Å². The molecule has 0 radical (unpaired) electrons. The summed E-state index contributed by atoms with van der Waals surface area (Å²) >= 11 is 6.00. The fraction of sp³-hybridized carbons (Fsp3) is 0.143. The van der Waals surface area contributed by atoms with Gasteiger partial charge in [0.2, 0.25) is 0 Å². The van der Waals surface area contributed by atoms with E-state index in [1.165, 1.54) is 12.1 Å². The van der Waals surface area contributed by atoms with Crippen molar-refractivity contribution in [2.24, 2.45) is 0 Å². The van der Waals surface area contributed by atoms with Crippen molar-refractivity contribution in [2.45, 2.75) is 12.5 Å². The van der Waals surface area contributed by atoms with Gasteiger partial charge in [0.25, 0.3) is 0 Å². The third-order valence-electron chi connectivity index (χ3n) is 2.60. The number of hydrogen-bond donors (Lipinski definition) is 1. The van der Waals surface area contributed by atoms with Crippen LogP contribution < -0.4 is 0 Å². The van der Waals surface area contributed by atoms with E-state index in [0.29, 0.717) is 17.0 Å². The summed E-state index contributed by atoms with van der Waals surface area (Å²) in [6.07, 6.45) is -0.367. The Morgan fingerprint density at radius 3 is 2.59 bits per heavy atom. The molecule has 88 valence electrons. The van der Waals surface area contributed by atoms with Gasteiger partial charge in [-0.05, 0) is 29.3 Å². The third kappa shape index (κ3) is 3.05. The Bertz CT molecular complexity index is 513. The van der Waals surface area contributed by atoms with Crippen LogP contribution >= 0.6 is 11.6 Å². The van der Waals surface area contributed by atoms with E-state index in [-0.39, 0.29) is 5.82 Å². The van der Waals surface area contributed by atoms with Gasteiger partial charge in [0.05, 0.1) is 6.10 Å². The zero-order valence-electron chi connectivity index (χ0n) is 9.11. The monoisotopic (exact) mass is 250 g/mol. The molecule has 2 aromatic carbocycles. The smallest absolute Gasteiger partial charge is 0.123 e. The largest absolute Gasteiger partial charge is 0.388 e. The average Bonchev–Trinajstić information content (AvgIpc) is 2.32. The summed E-state index contributed by atoms with van der Waals surface area (Å²) in [5.41, 5.74) is 1.41. The fourth-order valence-corrected chi connectivity index (χ4v) is 1.92. The first-order valence-corrected chi connectivity index (χ1v) is 5.71. The van der Waals surface area contributed by atoms with Crippen molar-refractivity contribution in [3.8, 4) is 0 Å². The predicted molar refractivity (Wildman–Crippen MR) is 66.5 cm³/mol. The lowest BCUT2D eigenvalue weighted by Crippen LogP contribution is -2.02. The molecule has 0 heterocycles. The number of aliphatic hydroxyl groups excluding tert-OH is 1. The van der Waals surface area contributed by atoms with Crippen LogP contribution in [0.1, 0.15) is 17.2 Å². The van der Waals surface area contributed by atoms with Crippen LogP contribution in [0, 0.1) is 5.82 Å². The van der Waals surface area contributed by atoms with E-state index in [1.54, 1.807) is 18.2 Å². The van der Waals surface area contributed by atoms with Crippen LogP contribution in [0.15, 0.2) is 48.5 Å². The van der Waals surface area contributed by atoms with Gasteiger partial charge in [0.1, 0.15) is 5.82 Å². The minimum atomic E-state index is -0.745. The summed E-state index contributed by atoms with van der Waals surface area (Å²) in [4.78, 5) is 0. The maximum Gasteiger partial charge on any atom is 0.123 e. The second-order valence-corrected chi connectivity index (χ2v) is 4.27. The van der Waals surface area contributed by atoms with Crippen molar-refractivity contribution in [1.82, 2.24) is 0 Å². The molecule has 0 spiro atoms. The normalized spacial score (nSPS) is 12.4. The van der Waals surface area contributed by atoms with E-state index in [1.807, 2.05) is 18.2 Å². The van der Waals surface area contributed by atoms with Crippen molar-refractivity contribution < 1.29 is 9.50 Å². The molecule has 1 nitrogen and oxygen atoms in total. The second-order valence-electron chi connectivity index (χ2n) is 3.87. The molecule has 0 aliphatic carbocycles. The summed E-state index contributed by atoms with van der Waals surface area (Å²) < 4.78 is 13.0. The van der Waals surface area contributed by atoms with Crippen LogP contribution in [-0.2, 0) is 6.42 Å². The molecular formula is C14H12ClFO. The summed E-state index contributed by atoms with van der Waals surface area (Å²) in [7, 11) is 0. The standard InChI is InChI=1S/C14H12ClFO/c15-13-7-2-1-4-10(13)9-14(17)11-5-3-6-12(16)8-11/h1-8,14,17H,9H2. The maximum atomic E-state index is 13.0. The third-order valence-corrected chi connectivity index (χ3v) is 2.97. The fourth-order valence-electron chi connectivity index (χ4n) is 1.70. The van der Waals surface area contributed by atoms with Gasteiger partial charge in [-0.2, -0.15) is 0 Å². The van der Waals surface area contributed by atoms with Crippen molar-refractivity contribution in [3.05, 3.63) is 70.5 Å². The number of hydrogen-bond acceptors (Lipinski definition) is 1. The van der Waals surface area contributed by atoms with Crippen LogP contribution in [0.4, 0.5) is 4.39 Å². The van der Waals surface area contributed by atoms with Crippen molar-refractivity contribution in [1.29, 1.82) is 0 Å². The van der Waals surface area contributed by atoms with Crippen LogP contribution in [0.25, 0.3) is 0 Å². The first-order valence-electron chi connectivity index (χ1n) is 5.34. The highest BCUT2D eigenvalue weighted by molar-refractivity contribution is 6.31. The predicted octanol–water partition coefficient (Wildman–Crippen LogP) is 3.76. The van der Waals surface area contributed by atoms with Gasteiger partial charge in [-0.1, -0.05) is 41.9 Å². The van der Waals surface area contributed by atoms with Crippen LogP contribution in [0.3, 0.4) is 0 Å². The van der Waals surface area contributed by atoms with Gasteiger partial charge < -0.3 is 5.11 Å². The Morgan fingerprint density at radius 2 is 1.88 bits per heavy atom. The quantitative estimate of drug-likeness (QED) is 0.880. The number of benzene rings is 2. The number of halogens is 2. The van der Waals surface area contributed by atoms with E-state index in [9.17, 15) is 9.50 Å². The number of aliphatic hydroxyl groups is 1. The van der Waals surface area contributed by atoms with Gasteiger partial charge >= 0.3 is 0 Å². The highest BCUT2D eigenvalue weighted by atomic mass is 35.5. The average molecular weight is 251 g/mol. The Labute approximate surface area is 104 Å². The zero-order valence-corrected chi connectivity index (χ0v) is 9.86. The van der Waals surface area contributed by atoms with Crippen molar-refractivity contribution >= 4 is 11.6 Å². The van der Waals surface area contributed by atoms with E-state index in [2.05, 4.69) is 0 Å². The molecule has 2 aromatic rings. The molecule has 0 bridgehead atoms. The van der Waals surface area contributed by atoms with Gasteiger partial charge in [-0.3, -0.25) is 0 Å². The molecule has 17 heavy (non-hydrogen) atoms. The minimum absolute atomic E-state index is 0.347. The minimum Gasteiger partial charge on any atom is -0.388 e. The zero-order chi connectivity index (χ0) is 12.3. The van der Waals surface area contributed by atoms with Gasteiger partial charge in [-0.15, -0.1) is 0 Å². The van der Waals surface area contributed by atoms with Crippen LogP contribution in [0.5, 0.6) is 0 Å². The van der Waals surface area contributed by atoms with E-state index >= 15 is 0 Å². The molecule has 1 atom stereocenters. The Balaban J connectivity index is 2.17. The molecule has 0 saturated heterocycles. The lowest BCUT2D eigenvalue weighted by molar-refractivity contribution is 0.178. The highest BCUT2D eigenvalue weighted by Gasteiger charge is 2.11. The molecule has 0 fully saturated rings. The van der Waals surface area contributed by atoms with Crippen molar-refractivity contribution in [2.75, 3.05) is 0 Å². The van der Waals surface area contributed by atoms with Crippen LogP contribution in [0.2, 0.25) is 5.02 Å². The molecule has 3 heteroatoms. The SMILES string of the molecule is OC(Cc1ccccc1Cl)c1cccc(F)c1. The highest BCUT2D eigenvalue weighted by Crippen LogP contribution is 2.23. The van der Waals surface area contributed by atoms with E-state index in [0.717, 1.165) is 5.56 Å². The van der Waals surface area contributed by atoms with Crippen LogP contribution in [-0.4, -0.2) is 5.11 Å². The Morgan fingerprint density at radius 1 is 1.12 bits per heavy atom. The first-order chi connectivity index (χ1) is 8.16. The Kier molecular flexibility index (Phi) is 3.77. The molecule has 0 aliphatic rings. The van der Waals surface area contributed by atoms with E-state index in [4.69, 9.17) is 11.6 Å². The molecule has 1 unspecified atom stereocenters. The molecule has 0 aliphatic heterocycles. The molecule has 1 N–H and O–H groups in total. The lowest BCUT2D eigenvalue weighted by atomic mass is 10.0. The summed E-state index contributed by atoms with van der Waals surface area (Å²) in [5.74, 6) is -0.347. The van der Waals surface area contributed by atoms with Crippen molar-refractivity contribution in [3.63, 3.8) is 0 Å². The maximum absolute atomic E-state index is 13.0. The molecule has 0 aromatic heterocycles. The topological polar surface area (TPSA) is 20.2 Å². The molecule has 0 amide bonds. The molecule has 2 rings (SSSR count). The summed E-state index contributed by atoms with van der Waals surface area (Å²) in [6, 6.07) is 13.3. The second kappa shape index (κ2) is 5.30. The molecule has 0 saturated carbocycles. The summed E-state index contributed by atoms with van der Waals surface area (Å²) in [5, 5.41) is 10.6. The Hall–Kier alpha value is -1.38. The van der Waals surface area contributed by atoms with Gasteiger partial charge in [0.15, 0.2) is 0 Å². The van der Waals surface area contributed by atoms with Gasteiger partial charge in [-0.25, -0.2) is 4.39 Å².